The van der Waals surface area contributed by atoms with Crippen LogP contribution in [-0.2, 0) is 10.3 Å². The van der Waals surface area contributed by atoms with E-state index in [-0.39, 0.29) is 5.60 Å². The van der Waals surface area contributed by atoms with Crippen LogP contribution in [0, 0.1) is 0 Å². The third kappa shape index (κ3) is 1.95. The van der Waals surface area contributed by atoms with Crippen molar-refractivity contribution in [3.63, 3.8) is 0 Å². The number of hydrogen-bond acceptors (Lipinski definition) is 2. The smallest absolute Gasteiger partial charge is 0.118 e. The lowest BCUT2D eigenvalue weighted by Gasteiger charge is -2.27. The van der Waals surface area contributed by atoms with Gasteiger partial charge < -0.3 is 9.47 Å². The molecule has 1 heterocycles. The Morgan fingerprint density at radius 1 is 1.22 bits per heavy atom. The average molecular weight is 244 g/mol. The highest BCUT2D eigenvalue weighted by atomic mass is 16.5. The number of benzene rings is 1. The summed E-state index contributed by atoms with van der Waals surface area (Å²) in [5.41, 5.74) is 2.46. The van der Waals surface area contributed by atoms with Crippen LogP contribution < -0.4 is 4.74 Å². The Bertz CT molecular complexity index is 460. The SMILES string of the molecule is COc1ccc([C@]2(C)C=C3CCCC[C@@H]3O2)cc1. The fourth-order valence-electron chi connectivity index (χ4n) is 3.06. The van der Waals surface area contributed by atoms with Gasteiger partial charge in [0, 0.05) is 0 Å². The van der Waals surface area contributed by atoms with Gasteiger partial charge in [-0.3, -0.25) is 0 Å². The lowest BCUT2D eigenvalue weighted by molar-refractivity contribution is -0.0254. The van der Waals surface area contributed by atoms with E-state index in [0.29, 0.717) is 6.10 Å². The van der Waals surface area contributed by atoms with Gasteiger partial charge in [-0.15, -0.1) is 0 Å². The van der Waals surface area contributed by atoms with E-state index in [2.05, 4.69) is 25.1 Å². The number of ether oxygens (including phenoxy) is 2. The van der Waals surface area contributed by atoms with Gasteiger partial charge in [0.2, 0.25) is 0 Å². The van der Waals surface area contributed by atoms with Crippen molar-refractivity contribution < 1.29 is 9.47 Å². The van der Waals surface area contributed by atoms with E-state index in [1.165, 1.54) is 36.8 Å². The molecule has 0 unspecified atom stereocenters. The normalized spacial score (nSPS) is 30.8. The summed E-state index contributed by atoms with van der Waals surface area (Å²) < 4.78 is 11.5. The summed E-state index contributed by atoms with van der Waals surface area (Å²) in [6.07, 6.45) is 7.67. The van der Waals surface area contributed by atoms with E-state index < -0.39 is 0 Å². The van der Waals surface area contributed by atoms with Gasteiger partial charge in [0.15, 0.2) is 0 Å². The Labute approximate surface area is 109 Å². The predicted molar refractivity (Wildman–Crippen MR) is 71.8 cm³/mol. The summed E-state index contributed by atoms with van der Waals surface area (Å²) in [7, 11) is 1.69. The molecule has 1 aromatic rings. The fraction of sp³-hybridized carbons (Fsp3) is 0.500. The molecule has 0 bridgehead atoms. The zero-order chi connectivity index (χ0) is 12.6. The van der Waals surface area contributed by atoms with Crippen LogP contribution in [0.5, 0.6) is 5.75 Å². The molecule has 0 radical (unpaired) electrons. The van der Waals surface area contributed by atoms with Crippen LogP contribution >= 0.6 is 0 Å². The summed E-state index contributed by atoms with van der Waals surface area (Å²) in [5.74, 6) is 0.894. The molecule has 2 nitrogen and oxygen atoms in total. The quantitative estimate of drug-likeness (QED) is 0.736. The standard InChI is InChI=1S/C16H20O2/c1-16(13-7-9-14(17-2)10-8-13)11-12-5-3-4-6-15(12)18-16/h7-11,15H,3-6H2,1-2H3/t15-,16-/m0/s1. The van der Waals surface area contributed by atoms with Gasteiger partial charge in [-0.1, -0.05) is 18.6 Å². The van der Waals surface area contributed by atoms with Crippen LogP contribution in [-0.4, -0.2) is 13.2 Å². The maximum Gasteiger partial charge on any atom is 0.118 e. The number of methoxy groups -OCH3 is 1. The molecule has 1 fully saturated rings. The van der Waals surface area contributed by atoms with E-state index in [0.717, 1.165) is 5.75 Å². The molecule has 0 N–H and O–H groups in total. The first-order chi connectivity index (χ1) is 8.71. The van der Waals surface area contributed by atoms with E-state index >= 15 is 0 Å². The average Bonchev–Trinajstić information content (AvgIpc) is 2.76. The van der Waals surface area contributed by atoms with Gasteiger partial charge in [0.05, 0.1) is 13.2 Å². The Kier molecular flexibility index (Phi) is 2.90. The molecule has 1 aliphatic carbocycles. The second-order valence-electron chi connectivity index (χ2n) is 5.41. The lowest BCUT2D eigenvalue weighted by Crippen LogP contribution is -2.24. The van der Waals surface area contributed by atoms with Gasteiger partial charge in [0.1, 0.15) is 11.4 Å². The third-order valence-corrected chi connectivity index (χ3v) is 4.11. The molecule has 18 heavy (non-hydrogen) atoms. The fourth-order valence-corrected chi connectivity index (χ4v) is 3.06. The first-order valence-electron chi connectivity index (χ1n) is 6.75. The molecule has 0 aromatic heterocycles. The first-order valence-corrected chi connectivity index (χ1v) is 6.75. The highest BCUT2D eigenvalue weighted by Crippen LogP contribution is 2.42. The Hall–Kier alpha value is -1.28. The van der Waals surface area contributed by atoms with Crippen LogP contribution in [0.2, 0.25) is 0 Å². The minimum Gasteiger partial charge on any atom is -0.497 e. The van der Waals surface area contributed by atoms with Crippen LogP contribution in [0.25, 0.3) is 0 Å². The monoisotopic (exact) mass is 244 g/mol. The van der Waals surface area contributed by atoms with Gasteiger partial charge in [0.25, 0.3) is 0 Å². The zero-order valence-electron chi connectivity index (χ0n) is 11.1. The Balaban J connectivity index is 1.88. The van der Waals surface area contributed by atoms with Crippen LogP contribution in [0.15, 0.2) is 35.9 Å². The van der Waals surface area contributed by atoms with Gasteiger partial charge in [-0.25, -0.2) is 0 Å². The van der Waals surface area contributed by atoms with Crippen molar-refractivity contribution in [2.75, 3.05) is 7.11 Å². The topological polar surface area (TPSA) is 18.5 Å². The molecular weight excluding hydrogens is 224 g/mol. The third-order valence-electron chi connectivity index (χ3n) is 4.11. The number of hydrogen-bond donors (Lipinski definition) is 0. The number of rotatable bonds is 2. The highest BCUT2D eigenvalue weighted by molar-refractivity contribution is 5.37. The molecule has 2 heteroatoms. The minimum atomic E-state index is -0.253. The molecule has 96 valence electrons. The molecule has 1 aromatic carbocycles. The maximum atomic E-state index is 6.28. The second-order valence-corrected chi connectivity index (χ2v) is 5.41. The zero-order valence-corrected chi connectivity index (χ0v) is 11.1. The Morgan fingerprint density at radius 2 is 2.00 bits per heavy atom. The van der Waals surface area contributed by atoms with Crippen molar-refractivity contribution >= 4 is 0 Å². The minimum absolute atomic E-state index is 0.253. The van der Waals surface area contributed by atoms with E-state index in [4.69, 9.17) is 9.47 Å². The molecule has 0 spiro atoms. The van der Waals surface area contributed by atoms with Crippen molar-refractivity contribution in [3.05, 3.63) is 41.5 Å². The molecule has 0 amide bonds. The molecular formula is C16H20O2. The van der Waals surface area contributed by atoms with Crippen molar-refractivity contribution in [2.24, 2.45) is 0 Å². The largest absolute Gasteiger partial charge is 0.497 e. The number of fused-ring (bicyclic) bond motifs is 1. The highest BCUT2D eigenvalue weighted by Gasteiger charge is 2.38. The van der Waals surface area contributed by atoms with E-state index in [9.17, 15) is 0 Å². The van der Waals surface area contributed by atoms with Crippen molar-refractivity contribution in [3.8, 4) is 5.75 Å². The Morgan fingerprint density at radius 3 is 2.67 bits per heavy atom. The van der Waals surface area contributed by atoms with Gasteiger partial charge >= 0.3 is 0 Å². The van der Waals surface area contributed by atoms with E-state index in [1.54, 1.807) is 7.11 Å². The van der Waals surface area contributed by atoms with Crippen LogP contribution in [0.1, 0.15) is 38.2 Å². The maximum absolute atomic E-state index is 6.28. The van der Waals surface area contributed by atoms with Gasteiger partial charge in [-0.2, -0.15) is 0 Å². The summed E-state index contributed by atoms with van der Waals surface area (Å²) in [5, 5.41) is 0. The van der Waals surface area contributed by atoms with E-state index in [1.807, 2.05) is 12.1 Å². The summed E-state index contributed by atoms with van der Waals surface area (Å²) in [4.78, 5) is 0. The predicted octanol–water partition coefficient (Wildman–Crippen LogP) is 3.81. The molecule has 2 aliphatic rings. The van der Waals surface area contributed by atoms with Crippen molar-refractivity contribution in [1.82, 2.24) is 0 Å². The first kappa shape index (κ1) is 11.8. The van der Waals surface area contributed by atoms with Crippen LogP contribution in [0.3, 0.4) is 0 Å². The van der Waals surface area contributed by atoms with Crippen molar-refractivity contribution in [1.29, 1.82) is 0 Å². The summed E-state index contributed by atoms with van der Waals surface area (Å²) in [6.45, 7) is 2.17. The summed E-state index contributed by atoms with van der Waals surface area (Å²) in [6, 6.07) is 8.22. The summed E-state index contributed by atoms with van der Waals surface area (Å²) >= 11 is 0. The molecule has 2 atom stereocenters. The van der Waals surface area contributed by atoms with Gasteiger partial charge in [-0.05, 0) is 55.5 Å². The molecule has 1 saturated carbocycles. The molecule has 0 saturated heterocycles. The second kappa shape index (κ2) is 4.43. The van der Waals surface area contributed by atoms with Crippen molar-refractivity contribution in [2.45, 2.75) is 44.3 Å². The molecule has 3 rings (SSSR count). The van der Waals surface area contributed by atoms with Crippen LogP contribution in [0.4, 0.5) is 0 Å². The molecule has 1 aliphatic heterocycles. The lowest BCUT2D eigenvalue weighted by atomic mass is 9.90.